The Hall–Kier alpha value is -2.97. The highest BCUT2D eigenvalue weighted by Crippen LogP contribution is 2.37. The number of pyridine rings is 1. The second-order valence-electron chi connectivity index (χ2n) is 8.13. The van der Waals surface area contributed by atoms with Gasteiger partial charge in [0.25, 0.3) is 11.8 Å². The Kier molecular flexibility index (Phi) is 5.80. The van der Waals surface area contributed by atoms with E-state index in [2.05, 4.69) is 10.1 Å². The molecule has 4 heterocycles. The number of halogens is 3. The predicted octanol–water partition coefficient (Wildman–Crippen LogP) is 4.36. The number of amides is 2. The molecule has 5 rings (SSSR count). The third kappa shape index (κ3) is 4.09. The molecule has 2 aliphatic rings. The summed E-state index contributed by atoms with van der Waals surface area (Å²) in [6, 6.07) is 9.53. The first-order valence-corrected chi connectivity index (χ1v) is 11.4. The molecule has 0 aliphatic carbocycles. The maximum Gasteiger partial charge on any atom is 0.275 e. The van der Waals surface area contributed by atoms with Crippen LogP contribution in [0.2, 0.25) is 10.0 Å². The molecular formula is C23H20Cl2FN5O2. The Labute approximate surface area is 199 Å². The Morgan fingerprint density at radius 1 is 1.06 bits per heavy atom. The Bertz CT molecular complexity index is 1250. The predicted molar refractivity (Wildman–Crippen MR) is 121 cm³/mol. The van der Waals surface area contributed by atoms with E-state index in [1.54, 1.807) is 27.8 Å². The van der Waals surface area contributed by atoms with Gasteiger partial charge in [-0.3, -0.25) is 14.3 Å². The summed E-state index contributed by atoms with van der Waals surface area (Å²) in [5, 5.41) is 5.57. The van der Waals surface area contributed by atoms with Gasteiger partial charge in [0.05, 0.1) is 24.8 Å². The van der Waals surface area contributed by atoms with Crippen LogP contribution in [0.4, 0.5) is 4.39 Å². The third-order valence-electron chi connectivity index (χ3n) is 6.10. The number of hydrogen-bond donors (Lipinski definition) is 0. The van der Waals surface area contributed by atoms with Gasteiger partial charge in [0.2, 0.25) is 0 Å². The van der Waals surface area contributed by atoms with Crippen molar-refractivity contribution in [3.05, 3.63) is 81.1 Å². The fourth-order valence-electron chi connectivity index (χ4n) is 4.49. The second kappa shape index (κ2) is 8.76. The number of benzene rings is 1. The van der Waals surface area contributed by atoms with E-state index in [1.807, 2.05) is 6.07 Å². The Balaban J connectivity index is 1.35. The van der Waals surface area contributed by atoms with Crippen molar-refractivity contribution in [2.75, 3.05) is 13.1 Å². The molecule has 1 fully saturated rings. The van der Waals surface area contributed by atoms with E-state index in [4.69, 9.17) is 23.2 Å². The van der Waals surface area contributed by atoms with Gasteiger partial charge in [-0.1, -0.05) is 29.3 Å². The van der Waals surface area contributed by atoms with Crippen LogP contribution in [0, 0.1) is 5.82 Å². The molecule has 33 heavy (non-hydrogen) atoms. The highest BCUT2D eigenvalue weighted by Gasteiger charge is 2.34. The summed E-state index contributed by atoms with van der Waals surface area (Å²) >= 11 is 12.4. The van der Waals surface area contributed by atoms with Crippen molar-refractivity contribution in [3.63, 3.8) is 0 Å². The van der Waals surface area contributed by atoms with Gasteiger partial charge < -0.3 is 9.80 Å². The zero-order chi connectivity index (χ0) is 23.1. The lowest BCUT2D eigenvalue weighted by molar-refractivity contribution is 0.0689. The molecule has 1 aromatic carbocycles. The fourth-order valence-corrected chi connectivity index (χ4v) is 5.02. The lowest BCUT2D eigenvalue weighted by atomic mass is 10.0. The lowest BCUT2D eigenvalue weighted by Gasteiger charge is -2.27. The Morgan fingerprint density at radius 3 is 2.70 bits per heavy atom. The van der Waals surface area contributed by atoms with Crippen molar-refractivity contribution in [2.45, 2.75) is 32.0 Å². The molecule has 2 aromatic heterocycles. The van der Waals surface area contributed by atoms with E-state index < -0.39 is 11.7 Å². The van der Waals surface area contributed by atoms with E-state index in [1.165, 1.54) is 23.2 Å². The molecule has 1 atom stereocenters. The molecule has 0 N–H and O–H groups in total. The third-order valence-corrected chi connectivity index (χ3v) is 6.66. The van der Waals surface area contributed by atoms with Crippen molar-refractivity contribution in [1.82, 2.24) is 24.6 Å². The molecule has 10 heteroatoms. The molecule has 1 saturated heterocycles. The van der Waals surface area contributed by atoms with Crippen LogP contribution in [-0.4, -0.2) is 49.5 Å². The molecule has 2 aliphatic heterocycles. The van der Waals surface area contributed by atoms with Crippen LogP contribution in [0.1, 0.15) is 51.1 Å². The summed E-state index contributed by atoms with van der Waals surface area (Å²) in [5.74, 6) is -1.32. The number of aromatic nitrogens is 3. The monoisotopic (exact) mass is 487 g/mol. The van der Waals surface area contributed by atoms with Crippen molar-refractivity contribution < 1.29 is 14.0 Å². The number of likely N-dealkylation sites (tertiary alicyclic amines) is 1. The van der Waals surface area contributed by atoms with Crippen LogP contribution >= 0.6 is 23.2 Å². The van der Waals surface area contributed by atoms with Crippen LogP contribution in [0.15, 0.2) is 42.6 Å². The first-order chi connectivity index (χ1) is 15.9. The molecule has 7 nitrogen and oxygen atoms in total. The van der Waals surface area contributed by atoms with Crippen LogP contribution in [0.3, 0.4) is 0 Å². The van der Waals surface area contributed by atoms with E-state index in [0.29, 0.717) is 35.4 Å². The van der Waals surface area contributed by atoms with E-state index in [9.17, 15) is 14.0 Å². The summed E-state index contributed by atoms with van der Waals surface area (Å²) in [6.45, 7) is 1.59. The number of carbonyl (C=O) groups excluding carboxylic acids is 2. The maximum absolute atomic E-state index is 14.0. The summed E-state index contributed by atoms with van der Waals surface area (Å²) in [5.41, 5.74) is 1.70. The van der Waals surface area contributed by atoms with E-state index >= 15 is 0 Å². The normalized spacial score (nSPS) is 17.8. The molecule has 170 valence electrons. The highest BCUT2D eigenvalue weighted by atomic mass is 35.5. The number of nitrogens with zero attached hydrogens (tertiary/aromatic N) is 5. The molecule has 2 amide bonds. The molecule has 0 radical (unpaired) electrons. The SMILES string of the molecule is O=C(c1ncccc1F)N1CCn2nc(C(=O)N3CCCC3c3ccc(Cl)cc3Cl)cc2C1. The number of rotatable bonds is 3. The van der Waals surface area contributed by atoms with Crippen LogP contribution in [0.5, 0.6) is 0 Å². The smallest absolute Gasteiger partial charge is 0.275 e. The van der Waals surface area contributed by atoms with Gasteiger partial charge in [0.15, 0.2) is 17.2 Å². The quantitative estimate of drug-likeness (QED) is 0.550. The van der Waals surface area contributed by atoms with Gasteiger partial charge in [-0.25, -0.2) is 9.37 Å². The topological polar surface area (TPSA) is 71.3 Å². The first kappa shape index (κ1) is 21.9. The van der Waals surface area contributed by atoms with Gasteiger partial charge in [0.1, 0.15) is 0 Å². The fraction of sp³-hybridized carbons (Fsp3) is 0.304. The number of hydrogen-bond acceptors (Lipinski definition) is 4. The number of carbonyl (C=O) groups is 2. The summed E-state index contributed by atoms with van der Waals surface area (Å²) < 4.78 is 15.7. The Morgan fingerprint density at radius 2 is 1.91 bits per heavy atom. The minimum Gasteiger partial charge on any atom is -0.330 e. The summed E-state index contributed by atoms with van der Waals surface area (Å²) in [7, 11) is 0. The first-order valence-electron chi connectivity index (χ1n) is 10.6. The average molecular weight is 488 g/mol. The zero-order valence-corrected chi connectivity index (χ0v) is 19.1. The minimum atomic E-state index is -0.654. The van der Waals surface area contributed by atoms with Crippen molar-refractivity contribution in [1.29, 1.82) is 0 Å². The van der Waals surface area contributed by atoms with Gasteiger partial charge in [-0.2, -0.15) is 5.10 Å². The molecule has 0 bridgehead atoms. The number of fused-ring (bicyclic) bond motifs is 1. The zero-order valence-electron chi connectivity index (χ0n) is 17.5. The van der Waals surface area contributed by atoms with Gasteiger partial charge in [-0.05, 0) is 48.7 Å². The van der Waals surface area contributed by atoms with Gasteiger partial charge in [-0.15, -0.1) is 0 Å². The van der Waals surface area contributed by atoms with E-state index in [0.717, 1.165) is 24.1 Å². The second-order valence-corrected chi connectivity index (χ2v) is 8.97. The van der Waals surface area contributed by atoms with Gasteiger partial charge >= 0.3 is 0 Å². The molecular weight excluding hydrogens is 468 g/mol. The van der Waals surface area contributed by atoms with Crippen molar-refractivity contribution in [2.24, 2.45) is 0 Å². The van der Waals surface area contributed by atoms with E-state index in [-0.39, 0.29) is 24.2 Å². The summed E-state index contributed by atoms with van der Waals surface area (Å²) in [6.07, 6.45) is 3.06. The van der Waals surface area contributed by atoms with Crippen molar-refractivity contribution in [3.8, 4) is 0 Å². The maximum atomic E-state index is 14.0. The highest BCUT2D eigenvalue weighted by molar-refractivity contribution is 6.35. The largest absolute Gasteiger partial charge is 0.330 e. The van der Waals surface area contributed by atoms with Crippen LogP contribution < -0.4 is 0 Å². The van der Waals surface area contributed by atoms with Crippen molar-refractivity contribution >= 4 is 35.0 Å². The minimum absolute atomic E-state index is 0.147. The summed E-state index contributed by atoms with van der Waals surface area (Å²) in [4.78, 5) is 33.3. The average Bonchev–Trinajstić information content (AvgIpc) is 3.45. The van der Waals surface area contributed by atoms with Gasteiger partial charge in [0, 0.05) is 29.3 Å². The van der Waals surface area contributed by atoms with Crippen LogP contribution in [-0.2, 0) is 13.1 Å². The molecule has 3 aromatic rings. The molecule has 1 unspecified atom stereocenters. The van der Waals surface area contributed by atoms with Crippen LogP contribution in [0.25, 0.3) is 0 Å². The standard InChI is InChI=1S/C23H20Cl2FN5O2/c24-14-5-6-16(17(25)11-14)20-4-2-8-30(20)22(32)19-12-15-13-29(9-10-31(15)28-19)23(33)21-18(26)3-1-7-27-21/h1,3,5-7,11-12,20H,2,4,8-10,13H2. The lowest BCUT2D eigenvalue weighted by Crippen LogP contribution is -2.39. The molecule has 0 saturated carbocycles. The molecule has 0 spiro atoms.